The molecule has 0 unspecified atom stereocenters. The van der Waals surface area contributed by atoms with Gasteiger partial charge in [-0.1, -0.05) is 18.2 Å². The zero-order valence-corrected chi connectivity index (χ0v) is 19.9. The van der Waals surface area contributed by atoms with Crippen molar-refractivity contribution in [3.8, 4) is 5.75 Å². The Kier molecular flexibility index (Phi) is 20.5. The molecule has 0 bridgehead atoms. The second-order valence-electron chi connectivity index (χ2n) is 6.70. The number of halogens is 2. The van der Waals surface area contributed by atoms with Gasteiger partial charge in [0.2, 0.25) is 0 Å². The zero-order valence-electron chi connectivity index (χ0n) is 18.3. The lowest BCUT2D eigenvalue weighted by molar-refractivity contribution is 0.236. The van der Waals surface area contributed by atoms with E-state index in [2.05, 4.69) is 69.1 Å². The topological polar surface area (TPSA) is 61.8 Å². The average molecular weight is 448 g/mol. The summed E-state index contributed by atoms with van der Waals surface area (Å²) < 4.78 is 7.80. The van der Waals surface area contributed by atoms with Crippen LogP contribution in [-0.2, 0) is 0 Å². The molecule has 3 rings (SSSR count). The van der Waals surface area contributed by atoms with E-state index in [1.807, 2.05) is 16.9 Å². The highest BCUT2D eigenvalue weighted by atomic mass is 35.5. The van der Waals surface area contributed by atoms with Gasteiger partial charge in [-0.2, -0.15) is 5.10 Å². The highest BCUT2D eigenvalue weighted by molar-refractivity contribution is 5.85. The molecule has 7 heteroatoms. The molecule has 1 fully saturated rings. The van der Waals surface area contributed by atoms with Gasteiger partial charge in [-0.05, 0) is 70.8 Å². The van der Waals surface area contributed by atoms with E-state index in [9.17, 15) is 0 Å². The molecule has 29 heavy (non-hydrogen) atoms. The Morgan fingerprint density at radius 2 is 1.59 bits per heavy atom. The van der Waals surface area contributed by atoms with Crippen LogP contribution in [0.25, 0.3) is 0 Å². The van der Waals surface area contributed by atoms with E-state index in [0.717, 1.165) is 18.9 Å². The van der Waals surface area contributed by atoms with Crippen molar-refractivity contribution < 1.29 is 10.2 Å². The van der Waals surface area contributed by atoms with Crippen molar-refractivity contribution in [1.82, 2.24) is 14.7 Å². The molecule has 2 N–H and O–H groups in total. The molecule has 0 saturated carbocycles. The number of aromatic nitrogens is 2. The first-order chi connectivity index (χ1) is 12.6. The van der Waals surface area contributed by atoms with E-state index in [4.69, 9.17) is 4.74 Å². The van der Waals surface area contributed by atoms with Gasteiger partial charge in [0.1, 0.15) is 12.4 Å². The van der Waals surface area contributed by atoms with E-state index in [1.165, 1.54) is 37.1 Å². The summed E-state index contributed by atoms with van der Waals surface area (Å²) in [7, 11) is 0. The molecule has 1 aromatic heterocycles. The van der Waals surface area contributed by atoms with Crippen LogP contribution in [0.5, 0.6) is 5.75 Å². The first kappa shape index (κ1) is 32.1. The molecule has 2 heterocycles. The molecular formula is C22H39Cl2N3O2. The molecule has 0 aliphatic carbocycles. The number of likely N-dealkylation sites (tertiary alicyclic amines) is 1. The van der Waals surface area contributed by atoms with Crippen LogP contribution in [0.15, 0.2) is 49.8 Å². The zero-order chi connectivity index (χ0) is 19.4. The van der Waals surface area contributed by atoms with Gasteiger partial charge in [0.25, 0.3) is 0 Å². The molecule has 1 saturated heterocycles. The Labute approximate surface area is 189 Å². The lowest BCUT2D eigenvalue weighted by Gasteiger charge is -2.16. The van der Waals surface area contributed by atoms with Crippen LogP contribution in [-0.4, -0.2) is 46.4 Å². The normalized spacial score (nSPS) is 12.2. The van der Waals surface area contributed by atoms with Crippen molar-refractivity contribution in [3.05, 3.63) is 60.9 Å². The number of nitrogens with zero attached hydrogens (tertiary/aromatic N) is 3. The summed E-state index contributed by atoms with van der Waals surface area (Å²) in [5, 5.41) is 4.03. The van der Waals surface area contributed by atoms with Gasteiger partial charge in [-0.25, -0.2) is 0 Å². The van der Waals surface area contributed by atoms with E-state index in [-0.39, 0.29) is 30.3 Å². The van der Waals surface area contributed by atoms with Gasteiger partial charge < -0.3 is 10.2 Å². The number of hydrogen-bond acceptors (Lipinski definition) is 3. The highest BCUT2D eigenvalue weighted by Gasteiger charge is 2.11. The fourth-order valence-electron chi connectivity index (χ4n) is 2.90. The van der Waals surface area contributed by atoms with E-state index in [1.54, 1.807) is 6.20 Å². The van der Waals surface area contributed by atoms with Crippen molar-refractivity contribution in [3.63, 3.8) is 0 Å². The summed E-state index contributed by atoms with van der Waals surface area (Å²) in [6, 6.07) is 8.72. The summed E-state index contributed by atoms with van der Waals surface area (Å²) in [6.45, 7) is 18.8. The van der Waals surface area contributed by atoms with Crippen molar-refractivity contribution in [2.45, 2.75) is 46.6 Å². The number of para-hydroxylation sites is 1. The molecule has 5 nitrogen and oxygen atoms in total. The lowest BCUT2D eigenvalue weighted by atomic mass is 10.1. The van der Waals surface area contributed by atoms with Gasteiger partial charge in [0.05, 0.1) is 0 Å². The molecule has 2 aromatic rings. The number of benzene rings is 1. The van der Waals surface area contributed by atoms with Crippen molar-refractivity contribution in [2.75, 3.05) is 26.2 Å². The minimum Gasteiger partial charge on any atom is -0.492 e. The Hall–Kier alpha value is -1.53. The quantitative estimate of drug-likeness (QED) is 0.601. The fourth-order valence-corrected chi connectivity index (χ4v) is 2.90. The maximum atomic E-state index is 5.89. The summed E-state index contributed by atoms with van der Waals surface area (Å²) in [5.74, 6) is 1.07. The highest BCUT2D eigenvalue weighted by Crippen LogP contribution is 2.22. The smallest absolute Gasteiger partial charge is 0.125 e. The van der Waals surface area contributed by atoms with Crippen LogP contribution in [0.1, 0.15) is 43.9 Å². The van der Waals surface area contributed by atoms with Crippen LogP contribution in [0.2, 0.25) is 0 Å². The maximum Gasteiger partial charge on any atom is 0.125 e. The Morgan fingerprint density at radius 3 is 2.00 bits per heavy atom. The molecule has 0 radical (unpaired) electrons. The molecule has 0 amide bonds. The third kappa shape index (κ3) is 11.9. The van der Waals surface area contributed by atoms with Crippen molar-refractivity contribution in [2.24, 2.45) is 0 Å². The Bertz CT molecular complexity index is 596. The van der Waals surface area contributed by atoms with Gasteiger partial charge in [0.15, 0.2) is 0 Å². The Morgan fingerprint density at radius 1 is 1.03 bits per heavy atom. The minimum atomic E-state index is 0. The van der Waals surface area contributed by atoms with E-state index < -0.39 is 0 Å². The van der Waals surface area contributed by atoms with Crippen LogP contribution in [0.3, 0.4) is 0 Å². The van der Waals surface area contributed by atoms with Crippen LogP contribution in [0.4, 0.5) is 0 Å². The molecule has 1 aliphatic heterocycles. The third-order valence-electron chi connectivity index (χ3n) is 4.32. The number of ether oxygens (including phenoxy) is 1. The molecule has 168 valence electrons. The van der Waals surface area contributed by atoms with Gasteiger partial charge in [-0.15, -0.1) is 38.0 Å². The minimum absolute atomic E-state index is 0. The van der Waals surface area contributed by atoms with Crippen LogP contribution in [0, 0.1) is 13.8 Å². The van der Waals surface area contributed by atoms with Crippen molar-refractivity contribution >= 4 is 24.8 Å². The van der Waals surface area contributed by atoms with Crippen LogP contribution >= 0.6 is 24.8 Å². The maximum absolute atomic E-state index is 5.89. The monoisotopic (exact) mass is 447 g/mol. The number of rotatable bonds is 5. The van der Waals surface area contributed by atoms with E-state index >= 15 is 0 Å². The standard InChI is InChI=1S/C14H21NO.C6H10N2.C2H4.2ClH.H2O/c1-12-6-5-7-13(2)14(12)16-11-10-15-8-3-4-9-15;1-6(2)8-5-3-4-7-8;1-2;;;/h5-7H,3-4,8-11H2,1-2H3;3-6H,1-2H3;1-2H2;2*1H;1H2. The first-order valence-corrected chi connectivity index (χ1v) is 9.48. The largest absolute Gasteiger partial charge is 0.492 e. The fraction of sp³-hybridized carbons (Fsp3) is 0.500. The average Bonchev–Trinajstić information content (AvgIpc) is 3.33. The lowest BCUT2D eigenvalue weighted by Crippen LogP contribution is -2.25. The number of aryl methyl sites for hydroxylation is 2. The summed E-state index contributed by atoms with van der Waals surface area (Å²) in [5.41, 5.74) is 2.47. The summed E-state index contributed by atoms with van der Waals surface area (Å²) >= 11 is 0. The van der Waals surface area contributed by atoms with Gasteiger partial charge in [0, 0.05) is 25.0 Å². The second kappa shape index (κ2) is 18.5. The number of hydrogen-bond donors (Lipinski definition) is 0. The molecule has 0 spiro atoms. The molecule has 0 atom stereocenters. The summed E-state index contributed by atoms with van der Waals surface area (Å²) in [4.78, 5) is 2.48. The molecule has 1 aliphatic rings. The predicted molar refractivity (Wildman–Crippen MR) is 129 cm³/mol. The predicted octanol–water partition coefficient (Wildman–Crippen LogP) is 5.06. The Balaban J connectivity index is -0.000000449. The SMILES string of the molecule is C=C.CC(C)n1cccn1.Cc1cccc(C)c1OCCN1CCCC1.Cl.Cl.O. The molecular weight excluding hydrogens is 409 g/mol. The molecule has 1 aromatic carbocycles. The first-order valence-electron chi connectivity index (χ1n) is 9.48. The van der Waals surface area contributed by atoms with Gasteiger partial charge in [-0.3, -0.25) is 9.58 Å². The summed E-state index contributed by atoms with van der Waals surface area (Å²) in [6.07, 6.45) is 6.46. The van der Waals surface area contributed by atoms with E-state index in [0.29, 0.717) is 6.04 Å². The van der Waals surface area contributed by atoms with Gasteiger partial charge >= 0.3 is 0 Å². The van der Waals surface area contributed by atoms with Crippen molar-refractivity contribution in [1.29, 1.82) is 0 Å². The third-order valence-corrected chi connectivity index (χ3v) is 4.32. The van der Waals surface area contributed by atoms with Crippen LogP contribution < -0.4 is 4.74 Å². The second-order valence-corrected chi connectivity index (χ2v) is 6.70.